The molecule has 6 nitrogen and oxygen atoms in total. The molecule has 7 heteroatoms. The van der Waals surface area contributed by atoms with Gasteiger partial charge in [-0.25, -0.2) is 8.42 Å². The third-order valence-electron chi connectivity index (χ3n) is 3.88. The highest BCUT2D eigenvalue weighted by Crippen LogP contribution is 2.33. The molecule has 0 bridgehead atoms. The molecule has 21 heavy (non-hydrogen) atoms. The van der Waals surface area contributed by atoms with E-state index in [4.69, 9.17) is 0 Å². The zero-order chi connectivity index (χ0) is 15.0. The molecule has 1 saturated carbocycles. The zero-order valence-corrected chi connectivity index (χ0v) is 12.4. The average Bonchev–Trinajstić information content (AvgIpc) is 3.15. The van der Waals surface area contributed by atoms with Crippen LogP contribution in [0, 0.1) is 5.92 Å². The molecule has 1 amide bonds. The Morgan fingerprint density at radius 2 is 1.90 bits per heavy atom. The summed E-state index contributed by atoms with van der Waals surface area (Å²) in [4.78, 5) is 11.9. The van der Waals surface area contributed by atoms with E-state index in [9.17, 15) is 18.3 Å². The van der Waals surface area contributed by atoms with Gasteiger partial charge in [0.2, 0.25) is 15.9 Å². The Morgan fingerprint density at radius 1 is 1.24 bits per heavy atom. The molecule has 2 aliphatic rings. The van der Waals surface area contributed by atoms with Crippen molar-refractivity contribution in [3.8, 4) is 5.75 Å². The normalized spacial score (nSPS) is 19.6. The van der Waals surface area contributed by atoms with E-state index < -0.39 is 10.0 Å². The molecule has 114 valence electrons. The molecule has 1 aromatic rings. The van der Waals surface area contributed by atoms with Crippen LogP contribution in [0.2, 0.25) is 0 Å². The Morgan fingerprint density at radius 3 is 2.52 bits per heavy atom. The summed E-state index contributed by atoms with van der Waals surface area (Å²) in [7, 11) is -3.55. The van der Waals surface area contributed by atoms with Crippen molar-refractivity contribution in [2.45, 2.75) is 30.6 Å². The lowest BCUT2D eigenvalue weighted by Crippen LogP contribution is -2.28. The number of aromatic hydroxyl groups is 1. The fourth-order valence-electron chi connectivity index (χ4n) is 2.43. The molecule has 0 aromatic heterocycles. The number of hydrogen-bond donors (Lipinski definition) is 2. The summed E-state index contributed by atoms with van der Waals surface area (Å²) in [5, 5.41) is 12.4. The summed E-state index contributed by atoms with van der Waals surface area (Å²) in [6, 6.07) is 4.02. The van der Waals surface area contributed by atoms with E-state index in [0.29, 0.717) is 13.1 Å². The molecule has 0 unspecified atom stereocenters. The molecule has 0 spiro atoms. The minimum absolute atomic E-state index is 0.0109. The molecule has 2 N–H and O–H groups in total. The maximum atomic E-state index is 12.5. The van der Waals surface area contributed by atoms with E-state index >= 15 is 0 Å². The monoisotopic (exact) mass is 310 g/mol. The Hall–Kier alpha value is -1.60. The van der Waals surface area contributed by atoms with Crippen molar-refractivity contribution >= 4 is 21.6 Å². The molecule has 0 radical (unpaired) electrons. The van der Waals surface area contributed by atoms with Crippen LogP contribution in [0.1, 0.15) is 25.7 Å². The summed E-state index contributed by atoms with van der Waals surface area (Å²) >= 11 is 0. The van der Waals surface area contributed by atoms with E-state index in [1.165, 1.54) is 22.5 Å². The van der Waals surface area contributed by atoms with E-state index in [2.05, 4.69) is 5.32 Å². The Kier molecular flexibility index (Phi) is 3.62. The van der Waals surface area contributed by atoms with Crippen molar-refractivity contribution < 1.29 is 18.3 Å². The van der Waals surface area contributed by atoms with E-state index in [1.807, 2.05) is 0 Å². The Bertz CT molecular complexity index is 662. The quantitative estimate of drug-likeness (QED) is 0.826. The zero-order valence-electron chi connectivity index (χ0n) is 11.6. The molecule has 1 aliphatic heterocycles. The van der Waals surface area contributed by atoms with Crippen LogP contribution in [0.5, 0.6) is 5.75 Å². The second-order valence-corrected chi connectivity index (χ2v) is 7.49. The number of phenols is 1. The first-order chi connectivity index (χ1) is 9.98. The van der Waals surface area contributed by atoms with Crippen molar-refractivity contribution in [3.05, 3.63) is 18.2 Å². The highest BCUT2D eigenvalue weighted by molar-refractivity contribution is 7.89. The van der Waals surface area contributed by atoms with Gasteiger partial charge in [0, 0.05) is 19.0 Å². The number of benzene rings is 1. The fraction of sp³-hybridized carbons (Fsp3) is 0.500. The van der Waals surface area contributed by atoms with Gasteiger partial charge >= 0.3 is 0 Å². The van der Waals surface area contributed by atoms with Gasteiger partial charge in [0.1, 0.15) is 5.75 Å². The summed E-state index contributed by atoms with van der Waals surface area (Å²) in [6.07, 6.45) is 3.42. The largest absolute Gasteiger partial charge is 0.506 e. The minimum Gasteiger partial charge on any atom is -0.506 e. The third kappa shape index (κ3) is 2.89. The van der Waals surface area contributed by atoms with E-state index in [1.54, 1.807) is 0 Å². The topological polar surface area (TPSA) is 86.7 Å². The molecule has 2 fully saturated rings. The van der Waals surface area contributed by atoms with Gasteiger partial charge in [-0.05, 0) is 43.9 Å². The van der Waals surface area contributed by atoms with E-state index in [-0.39, 0.29) is 28.2 Å². The molecule has 1 aliphatic carbocycles. The first-order valence-corrected chi connectivity index (χ1v) is 8.56. The van der Waals surface area contributed by atoms with Crippen LogP contribution >= 0.6 is 0 Å². The Balaban J connectivity index is 1.87. The molecule has 1 saturated heterocycles. The first kappa shape index (κ1) is 14.3. The Labute approximate surface area is 123 Å². The summed E-state index contributed by atoms with van der Waals surface area (Å²) in [5.41, 5.74) is 0.159. The van der Waals surface area contributed by atoms with Gasteiger partial charge < -0.3 is 10.4 Å². The van der Waals surface area contributed by atoms with Crippen LogP contribution in [-0.4, -0.2) is 36.8 Å². The minimum atomic E-state index is -3.55. The van der Waals surface area contributed by atoms with Gasteiger partial charge in [-0.1, -0.05) is 0 Å². The van der Waals surface area contributed by atoms with Crippen molar-refractivity contribution in [2.24, 2.45) is 5.92 Å². The number of carbonyl (C=O) groups is 1. The standard InChI is InChI=1S/C14H18N2O4S/c17-13-6-5-11(21(19,20)16-7-1-2-8-16)9-12(13)15-14(18)10-3-4-10/h5-6,9-10,17H,1-4,7-8H2,(H,15,18). The maximum absolute atomic E-state index is 12.5. The predicted octanol–water partition coefficient (Wildman–Crippen LogP) is 1.53. The highest BCUT2D eigenvalue weighted by Gasteiger charge is 2.31. The molecule has 0 atom stereocenters. The van der Waals surface area contributed by atoms with Crippen LogP contribution in [0.4, 0.5) is 5.69 Å². The summed E-state index contributed by atoms with van der Waals surface area (Å²) in [5.74, 6) is -0.298. The SMILES string of the molecule is O=C(Nc1cc(S(=O)(=O)N2CCCC2)ccc1O)C1CC1. The van der Waals surface area contributed by atoms with Gasteiger partial charge in [0.15, 0.2) is 0 Å². The predicted molar refractivity (Wildman–Crippen MR) is 77.5 cm³/mol. The lowest BCUT2D eigenvalue weighted by Gasteiger charge is -2.16. The fourth-order valence-corrected chi connectivity index (χ4v) is 3.98. The second-order valence-electron chi connectivity index (χ2n) is 5.55. The molecular formula is C14H18N2O4S. The number of amides is 1. The average molecular weight is 310 g/mol. The summed E-state index contributed by atoms with van der Waals surface area (Å²) < 4.78 is 26.4. The number of sulfonamides is 1. The van der Waals surface area contributed by atoms with Crippen molar-refractivity contribution in [1.29, 1.82) is 0 Å². The number of anilines is 1. The number of carbonyl (C=O) groups excluding carboxylic acids is 1. The highest BCUT2D eigenvalue weighted by atomic mass is 32.2. The van der Waals surface area contributed by atoms with Crippen molar-refractivity contribution in [1.82, 2.24) is 4.31 Å². The van der Waals surface area contributed by atoms with Gasteiger partial charge in [0.05, 0.1) is 10.6 Å². The number of hydrogen-bond acceptors (Lipinski definition) is 4. The van der Waals surface area contributed by atoms with Crippen molar-refractivity contribution in [3.63, 3.8) is 0 Å². The smallest absolute Gasteiger partial charge is 0.243 e. The third-order valence-corrected chi connectivity index (χ3v) is 5.77. The number of nitrogens with one attached hydrogen (secondary N) is 1. The van der Waals surface area contributed by atoms with Gasteiger partial charge in [0.25, 0.3) is 0 Å². The lowest BCUT2D eigenvalue weighted by atomic mass is 10.2. The van der Waals surface area contributed by atoms with Crippen molar-refractivity contribution in [2.75, 3.05) is 18.4 Å². The van der Waals surface area contributed by atoms with Gasteiger partial charge in [-0.2, -0.15) is 4.31 Å². The number of rotatable bonds is 4. The first-order valence-electron chi connectivity index (χ1n) is 7.12. The molecular weight excluding hydrogens is 292 g/mol. The molecule has 1 heterocycles. The van der Waals surface area contributed by atoms with Crippen LogP contribution in [0.3, 0.4) is 0 Å². The van der Waals surface area contributed by atoms with Crippen LogP contribution in [0.25, 0.3) is 0 Å². The molecule has 1 aromatic carbocycles. The second kappa shape index (κ2) is 5.31. The van der Waals surface area contributed by atoms with Crippen LogP contribution in [-0.2, 0) is 14.8 Å². The van der Waals surface area contributed by atoms with Gasteiger partial charge in [-0.3, -0.25) is 4.79 Å². The summed E-state index contributed by atoms with van der Waals surface area (Å²) in [6.45, 7) is 1.04. The molecule has 3 rings (SSSR count). The van der Waals surface area contributed by atoms with Gasteiger partial charge in [-0.15, -0.1) is 0 Å². The van der Waals surface area contributed by atoms with E-state index in [0.717, 1.165) is 25.7 Å². The lowest BCUT2D eigenvalue weighted by molar-refractivity contribution is -0.117. The van der Waals surface area contributed by atoms with Crippen LogP contribution < -0.4 is 5.32 Å². The number of nitrogens with zero attached hydrogens (tertiary/aromatic N) is 1. The van der Waals surface area contributed by atoms with Crippen LogP contribution in [0.15, 0.2) is 23.1 Å². The maximum Gasteiger partial charge on any atom is 0.243 e. The number of phenolic OH excluding ortho intramolecular Hbond substituents is 1.